The molecule has 0 spiro atoms. The number of rotatable bonds is 3. The maximum Gasteiger partial charge on any atom is 0.0770 e. The van der Waals surface area contributed by atoms with Crippen molar-refractivity contribution in [1.82, 2.24) is 9.80 Å². The van der Waals surface area contributed by atoms with E-state index in [1.54, 1.807) is 0 Å². The van der Waals surface area contributed by atoms with Crippen LogP contribution in [0, 0.1) is 0 Å². The molecule has 2 rings (SSSR count). The molecule has 1 atom stereocenters. The van der Waals surface area contributed by atoms with Crippen molar-refractivity contribution in [3.8, 4) is 0 Å². The molecule has 2 fully saturated rings. The number of aliphatic hydroxyl groups is 1. The van der Waals surface area contributed by atoms with Crippen LogP contribution in [0.5, 0.6) is 0 Å². The third-order valence-electron chi connectivity index (χ3n) is 5.02. The molecular formula is C14H29N3O. The third-order valence-corrected chi connectivity index (χ3v) is 5.02. The number of hydrogen-bond donors (Lipinski definition) is 2. The molecule has 1 saturated heterocycles. The van der Waals surface area contributed by atoms with Gasteiger partial charge >= 0.3 is 0 Å². The highest BCUT2D eigenvalue weighted by molar-refractivity contribution is 4.91. The lowest BCUT2D eigenvalue weighted by atomic mass is 9.81. The molecule has 1 aliphatic heterocycles. The van der Waals surface area contributed by atoms with E-state index in [0.29, 0.717) is 18.6 Å². The van der Waals surface area contributed by atoms with Crippen molar-refractivity contribution < 1.29 is 5.11 Å². The van der Waals surface area contributed by atoms with Crippen LogP contribution < -0.4 is 5.73 Å². The number of likely N-dealkylation sites (tertiary alicyclic amines) is 1. The van der Waals surface area contributed by atoms with Gasteiger partial charge in [-0.05, 0) is 59.2 Å². The predicted molar refractivity (Wildman–Crippen MR) is 74.5 cm³/mol. The van der Waals surface area contributed by atoms with E-state index in [1.807, 2.05) is 0 Å². The highest BCUT2D eigenvalue weighted by Crippen LogP contribution is 2.31. The fourth-order valence-corrected chi connectivity index (χ4v) is 3.52. The first-order valence-electron chi connectivity index (χ1n) is 7.37. The summed E-state index contributed by atoms with van der Waals surface area (Å²) in [5.41, 5.74) is 5.07. The molecule has 0 aromatic carbocycles. The Kier molecular flexibility index (Phi) is 4.64. The van der Waals surface area contributed by atoms with Crippen LogP contribution in [0.2, 0.25) is 0 Å². The summed E-state index contributed by atoms with van der Waals surface area (Å²) in [6, 6.07) is 1.33. The number of nitrogens with two attached hydrogens (primary N) is 1. The minimum atomic E-state index is -0.583. The molecule has 1 unspecified atom stereocenters. The van der Waals surface area contributed by atoms with Gasteiger partial charge in [-0.3, -0.25) is 4.90 Å². The van der Waals surface area contributed by atoms with Crippen LogP contribution in [0.4, 0.5) is 0 Å². The van der Waals surface area contributed by atoms with Crippen LogP contribution in [-0.2, 0) is 0 Å². The highest BCUT2D eigenvalue weighted by Gasteiger charge is 2.35. The Bertz CT molecular complexity index is 264. The Morgan fingerprint density at radius 2 is 1.94 bits per heavy atom. The first kappa shape index (κ1) is 14.3. The van der Waals surface area contributed by atoms with E-state index >= 15 is 0 Å². The molecule has 4 heteroatoms. The van der Waals surface area contributed by atoms with Crippen LogP contribution in [0.15, 0.2) is 0 Å². The smallest absolute Gasteiger partial charge is 0.0770 e. The zero-order chi connectivity index (χ0) is 13.2. The third kappa shape index (κ3) is 3.23. The monoisotopic (exact) mass is 255 g/mol. The van der Waals surface area contributed by atoms with Crippen LogP contribution in [-0.4, -0.2) is 66.3 Å². The molecule has 1 heterocycles. The van der Waals surface area contributed by atoms with Gasteiger partial charge in [-0.1, -0.05) is 0 Å². The average Bonchev–Trinajstić information content (AvgIpc) is 2.39. The van der Waals surface area contributed by atoms with Crippen molar-refractivity contribution in [3.63, 3.8) is 0 Å². The zero-order valence-corrected chi connectivity index (χ0v) is 11.9. The van der Waals surface area contributed by atoms with E-state index in [0.717, 1.165) is 25.7 Å². The van der Waals surface area contributed by atoms with Crippen molar-refractivity contribution in [3.05, 3.63) is 0 Å². The Labute approximate surface area is 111 Å². The Morgan fingerprint density at radius 1 is 1.28 bits per heavy atom. The molecule has 0 aromatic rings. The fourth-order valence-electron chi connectivity index (χ4n) is 3.52. The molecule has 0 aromatic heterocycles. The van der Waals surface area contributed by atoms with Gasteiger partial charge in [-0.15, -0.1) is 0 Å². The summed E-state index contributed by atoms with van der Waals surface area (Å²) in [4.78, 5) is 5.00. The molecule has 18 heavy (non-hydrogen) atoms. The summed E-state index contributed by atoms with van der Waals surface area (Å²) < 4.78 is 0. The second-order valence-corrected chi connectivity index (χ2v) is 6.38. The van der Waals surface area contributed by atoms with Crippen LogP contribution in [0.1, 0.15) is 38.5 Å². The van der Waals surface area contributed by atoms with Crippen molar-refractivity contribution in [2.24, 2.45) is 5.73 Å². The molecule has 2 aliphatic rings. The summed E-state index contributed by atoms with van der Waals surface area (Å²) >= 11 is 0. The summed E-state index contributed by atoms with van der Waals surface area (Å²) in [5, 5.41) is 10.2. The standard InChI is InChI=1S/C14H29N3O/c1-16-9-3-4-13(10-16)17(2)12-5-7-14(18,11-15)8-6-12/h12-13,18H,3-11,15H2,1-2H3. The zero-order valence-electron chi connectivity index (χ0n) is 11.9. The first-order chi connectivity index (χ1) is 8.54. The minimum absolute atomic E-state index is 0.412. The van der Waals surface area contributed by atoms with Gasteiger partial charge in [0, 0.05) is 25.2 Å². The van der Waals surface area contributed by atoms with Crippen molar-refractivity contribution in [2.45, 2.75) is 56.2 Å². The van der Waals surface area contributed by atoms with Gasteiger partial charge in [0.15, 0.2) is 0 Å². The van der Waals surface area contributed by atoms with Crippen LogP contribution >= 0.6 is 0 Å². The van der Waals surface area contributed by atoms with Crippen molar-refractivity contribution in [2.75, 3.05) is 33.7 Å². The first-order valence-corrected chi connectivity index (χ1v) is 7.37. The van der Waals surface area contributed by atoms with E-state index in [4.69, 9.17) is 5.73 Å². The Hall–Kier alpha value is -0.160. The lowest BCUT2D eigenvalue weighted by Crippen LogP contribution is -2.52. The molecule has 0 radical (unpaired) electrons. The molecule has 3 N–H and O–H groups in total. The van der Waals surface area contributed by atoms with E-state index in [1.165, 1.54) is 25.9 Å². The Morgan fingerprint density at radius 3 is 2.50 bits per heavy atom. The summed E-state index contributed by atoms with van der Waals surface area (Å²) in [7, 11) is 4.48. The lowest BCUT2D eigenvalue weighted by molar-refractivity contribution is -0.0203. The number of nitrogens with zero attached hydrogens (tertiary/aromatic N) is 2. The Balaban J connectivity index is 1.85. The molecule has 0 amide bonds. The number of likely N-dealkylation sites (N-methyl/N-ethyl adjacent to an activating group) is 2. The van der Waals surface area contributed by atoms with Gasteiger partial charge in [0.05, 0.1) is 5.60 Å². The largest absolute Gasteiger partial charge is 0.389 e. The number of piperidine rings is 1. The van der Waals surface area contributed by atoms with Gasteiger partial charge in [-0.2, -0.15) is 0 Å². The number of hydrogen-bond acceptors (Lipinski definition) is 4. The summed E-state index contributed by atoms with van der Waals surface area (Å²) in [5.74, 6) is 0. The predicted octanol–water partition coefficient (Wildman–Crippen LogP) is 0.645. The van der Waals surface area contributed by atoms with Crippen molar-refractivity contribution >= 4 is 0 Å². The summed E-state index contributed by atoms with van der Waals surface area (Å²) in [6.07, 6.45) is 6.53. The normalized spacial score (nSPS) is 39.2. The molecule has 4 nitrogen and oxygen atoms in total. The van der Waals surface area contributed by atoms with E-state index in [9.17, 15) is 5.11 Å². The molecule has 1 aliphatic carbocycles. The summed E-state index contributed by atoms with van der Waals surface area (Å²) in [6.45, 7) is 2.84. The van der Waals surface area contributed by atoms with Gasteiger partial charge in [0.1, 0.15) is 0 Å². The quantitative estimate of drug-likeness (QED) is 0.777. The van der Waals surface area contributed by atoms with Crippen LogP contribution in [0.3, 0.4) is 0 Å². The molecule has 0 bridgehead atoms. The molecular weight excluding hydrogens is 226 g/mol. The maximum absolute atomic E-state index is 10.2. The van der Waals surface area contributed by atoms with Gasteiger partial charge in [-0.25, -0.2) is 0 Å². The van der Waals surface area contributed by atoms with Crippen molar-refractivity contribution in [1.29, 1.82) is 0 Å². The fraction of sp³-hybridized carbons (Fsp3) is 1.00. The lowest BCUT2D eigenvalue weighted by Gasteiger charge is -2.44. The van der Waals surface area contributed by atoms with E-state index in [2.05, 4.69) is 23.9 Å². The SMILES string of the molecule is CN1CCCC(N(C)C2CCC(O)(CN)CC2)C1. The van der Waals surface area contributed by atoms with Gasteiger partial charge < -0.3 is 15.7 Å². The maximum atomic E-state index is 10.2. The molecule has 1 saturated carbocycles. The average molecular weight is 255 g/mol. The van der Waals surface area contributed by atoms with Gasteiger partial charge in [0.2, 0.25) is 0 Å². The van der Waals surface area contributed by atoms with E-state index in [-0.39, 0.29) is 0 Å². The topological polar surface area (TPSA) is 52.7 Å². The second kappa shape index (κ2) is 5.87. The highest BCUT2D eigenvalue weighted by atomic mass is 16.3. The molecule has 106 valence electrons. The van der Waals surface area contributed by atoms with Crippen LogP contribution in [0.25, 0.3) is 0 Å². The second-order valence-electron chi connectivity index (χ2n) is 6.38. The van der Waals surface area contributed by atoms with Gasteiger partial charge in [0.25, 0.3) is 0 Å². The minimum Gasteiger partial charge on any atom is -0.389 e. The van der Waals surface area contributed by atoms with E-state index < -0.39 is 5.60 Å².